The lowest BCUT2D eigenvalue weighted by atomic mass is 10.1. The predicted molar refractivity (Wildman–Crippen MR) is 93.7 cm³/mol. The first kappa shape index (κ1) is 18.1. The molecule has 0 atom stereocenters. The first-order chi connectivity index (χ1) is 12.0. The highest BCUT2D eigenvalue weighted by Crippen LogP contribution is 2.21. The van der Waals surface area contributed by atoms with Gasteiger partial charge in [0.25, 0.3) is 0 Å². The summed E-state index contributed by atoms with van der Waals surface area (Å²) >= 11 is 6.08. The van der Waals surface area contributed by atoms with Gasteiger partial charge in [-0.15, -0.1) is 0 Å². The predicted octanol–water partition coefficient (Wildman–Crippen LogP) is 2.14. The molecule has 7 heteroatoms. The summed E-state index contributed by atoms with van der Waals surface area (Å²) in [6.45, 7) is 3.82. The van der Waals surface area contributed by atoms with E-state index < -0.39 is 0 Å². The molecule has 25 heavy (non-hydrogen) atoms. The van der Waals surface area contributed by atoms with Gasteiger partial charge < -0.3 is 9.80 Å². The molecule has 0 N–H and O–H groups in total. The summed E-state index contributed by atoms with van der Waals surface area (Å²) in [4.78, 5) is 29.8. The second-order valence-corrected chi connectivity index (χ2v) is 7.04. The highest BCUT2D eigenvalue weighted by molar-refractivity contribution is 6.31. The average molecular weight is 368 g/mol. The molecule has 0 bridgehead atoms. The third kappa shape index (κ3) is 4.50. The number of halogens is 2. The van der Waals surface area contributed by atoms with Crippen molar-refractivity contribution in [3.05, 3.63) is 34.6 Å². The van der Waals surface area contributed by atoms with Gasteiger partial charge in [-0.25, -0.2) is 4.39 Å². The molecular weight excluding hydrogens is 345 g/mol. The van der Waals surface area contributed by atoms with E-state index >= 15 is 0 Å². The summed E-state index contributed by atoms with van der Waals surface area (Å²) in [5, 5.41) is 0.433. The molecule has 2 heterocycles. The third-order valence-electron chi connectivity index (χ3n) is 4.92. The first-order valence-electron chi connectivity index (χ1n) is 8.75. The van der Waals surface area contributed by atoms with Gasteiger partial charge in [0.2, 0.25) is 11.8 Å². The molecule has 0 unspecified atom stereocenters. The highest BCUT2D eigenvalue weighted by Gasteiger charge is 2.26. The number of rotatable bonds is 4. The van der Waals surface area contributed by atoms with E-state index in [1.807, 2.05) is 0 Å². The fourth-order valence-corrected chi connectivity index (χ4v) is 3.58. The molecule has 5 nitrogen and oxygen atoms in total. The van der Waals surface area contributed by atoms with Crippen LogP contribution in [-0.4, -0.2) is 65.8 Å². The number of carbonyl (C=O) groups is 2. The van der Waals surface area contributed by atoms with Gasteiger partial charge in [0.1, 0.15) is 5.82 Å². The van der Waals surface area contributed by atoms with Gasteiger partial charge >= 0.3 is 0 Å². The van der Waals surface area contributed by atoms with E-state index in [0.717, 1.165) is 12.8 Å². The number of piperazine rings is 1. The molecular formula is C18H23ClFN3O2. The van der Waals surface area contributed by atoms with Crippen molar-refractivity contribution >= 4 is 23.4 Å². The van der Waals surface area contributed by atoms with Crippen molar-refractivity contribution in [1.29, 1.82) is 0 Å². The molecule has 2 saturated heterocycles. The Balaban J connectivity index is 1.50. The fraction of sp³-hybridized carbons (Fsp3) is 0.556. The lowest BCUT2D eigenvalue weighted by Crippen LogP contribution is -2.52. The normalized spacial score (nSPS) is 19.4. The largest absolute Gasteiger partial charge is 0.339 e. The van der Waals surface area contributed by atoms with Crippen LogP contribution in [0.25, 0.3) is 0 Å². The van der Waals surface area contributed by atoms with Gasteiger partial charge in [-0.2, -0.15) is 0 Å². The molecule has 0 spiro atoms. The average Bonchev–Trinajstić information content (AvgIpc) is 2.61. The summed E-state index contributed by atoms with van der Waals surface area (Å²) in [6.07, 6.45) is 2.43. The number of piperidine rings is 1. The molecule has 2 amide bonds. The zero-order valence-electron chi connectivity index (χ0n) is 14.2. The van der Waals surface area contributed by atoms with E-state index in [-0.39, 0.29) is 24.2 Å². The maximum Gasteiger partial charge on any atom is 0.242 e. The fourth-order valence-electron chi connectivity index (χ4n) is 3.35. The minimum atomic E-state index is -0.297. The summed E-state index contributed by atoms with van der Waals surface area (Å²) < 4.78 is 13.9. The van der Waals surface area contributed by atoms with Crippen molar-refractivity contribution < 1.29 is 14.0 Å². The van der Waals surface area contributed by atoms with Crippen LogP contribution in [0, 0.1) is 5.82 Å². The van der Waals surface area contributed by atoms with E-state index in [1.54, 1.807) is 21.9 Å². The van der Waals surface area contributed by atoms with Crippen LogP contribution in [-0.2, 0) is 16.1 Å². The van der Waals surface area contributed by atoms with Crippen LogP contribution >= 0.6 is 11.6 Å². The molecule has 1 aromatic rings. The second kappa shape index (κ2) is 8.15. The van der Waals surface area contributed by atoms with E-state index in [2.05, 4.69) is 4.90 Å². The Kier molecular flexibility index (Phi) is 5.91. The standard InChI is InChI=1S/C18H23ClFN3O2/c19-15-4-3-5-16(20)14(15)12-21-8-10-22(11-9-21)18(25)13-23-7-2-1-6-17(23)24/h3-5H,1-2,6-13H2. The number of hydrogen-bond acceptors (Lipinski definition) is 3. The Hall–Kier alpha value is -1.66. The van der Waals surface area contributed by atoms with Gasteiger partial charge in [-0.3, -0.25) is 14.5 Å². The molecule has 2 aliphatic rings. The number of amides is 2. The summed E-state index contributed by atoms with van der Waals surface area (Å²) in [5.74, 6) is -0.221. The molecule has 0 aliphatic carbocycles. The van der Waals surface area contributed by atoms with Crippen molar-refractivity contribution in [3.63, 3.8) is 0 Å². The monoisotopic (exact) mass is 367 g/mol. The zero-order chi connectivity index (χ0) is 17.8. The van der Waals surface area contributed by atoms with Crippen molar-refractivity contribution in [3.8, 4) is 0 Å². The molecule has 3 rings (SSSR count). The second-order valence-electron chi connectivity index (χ2n) is 6.63. The molecule has 136 valence electrons. The van der Waals surface area contributed by atoms with Crippen LogP contribution in [0.2, 0.25) is 5.02 Å². The van der Waals surface area contributed by atoms with Crippen LogP contribution in [0.1, 0.15) is 24.8 Å². The van der Waals surface area contributed by atoms with Crippen molar-refractivity contribution in [2.45, 2.75) is 25.8 Å². The van der Waals surface area contributed by atoms with E-state index in [1.165, 1.54) is 6.07 Å². The van der Waals surface area contributed by atoms with Gasteiger partial charge in [0.15, 0.2) is 0 Å². The van der Waals surface area contributed by atoms with E-state index in [9.17, 15) is 14.0 Å². The van der Waals surface area contributed by atoms with Gasteiger partial charge in [-0.1, -0.05) is 17.7 Å². The van der Waals surface area contributed by atoms with Crippen LogP contribution in [0.3, 0.4) is 0 Å². The number of hydrogen-bond donors (Lipinski definition) is 0. The first-order valence-corrected chi connectivity index (χ1v) is 9.13. The maximum absolute atomic E-state index is 13.9. The minimum Gasteiger partial charge on any atom is -0.339 e. The van der Waals surface area contributed by atoms with Crippen molar-refractivity contribution in [1.82, 2.24) is 14.7 Å². The third-order valence-corrected chi connectivity index (χ3v) is 5.27. The summed E-state index contributed by atoms with van der Waals surface area (Å²) in [6, 6.07) is 4.70. The van der Waals surface area contributed by atoms with Gasteiger partial charge in [-0.05, 0) is 25.0 Å². The smallest absolute Gasteiger partial charge is 0.242 e. The van der Waals surface area contributed by atoms with Crippen LogP contribution in [0.5, 0.6) is 0 Å². The zero-order valence-corrected chi connectivity index (χ0v) is 15.0. The van der Waals surface area contributed by atoms with Crippen LogP contribution < -0.4 is 0 Å². The SMILES string of the molecule is O=C(CN1CCCCC1=O)N1CCN(Cc2c(F)cccc2Cl)CC1. The molecule has 2 aliphatic heterocycles. The maximum atomic E-state index is 13.9. The molecule has 0 aromatic heterocycles. The van der Waals surface area contributed by atoms with Gasteiger partial charge in [0.05, 0.1) is 6.54 Å². The lowest BCUT2D eigenvalue weighted by Gasteiger charge is -2.36. The molecule has 0 radical (unpaired) electrons. The highest BCUT2D eigenvalue weighted by atomic mass is 35.5. The molecule has 2 fully saturated rings. The minimum absolute atomic E-state index is 0.00109. The molecule has 0 saturated carbocycles. The Morgan fingerprint density at radius 1 is 1.12 bits per heavy atom. The van der Waals surface area contributed by atoms with Crippen LogP contribution in [0.15, 0.2) is 18.2 Å². The van der Waals surface area contributed by atoms with Crippen molar-refractivity contribution in [2.75, 3.05) is 39.3 Å². The number of benzene rings is 1. The quantitative estimate of drug-likeness (QED) is 0.819. The Labute approximate surface area is 152 Å². The Morgan fingerprint density at radius 3 is 2.56 bits per heavy atom. The Bertz CT molecular complexity index is 627. The lowest BCUT2D eigenvalue weighted by molar-refractivity contribution is -0.142. The van der Waals surface area contributed by atoms with Gasteiger partial charge in [0, 0.05) is 56.3 Å². The number of carbonyl (C=O) groups excluding carboxylic acids is 2. The number of likely N-dealkylation sites (tertiary alicyclic amines) is 1. The van der Waals surface area contributed by atoms with Crippen LogP contribution in [0.4, 0.5) is 4.39 Å². The topological polar surface area (TPSA) is 43.9 Å². The molecule has 1 aromatic carbocycles. The van der Waals surface area contributed by atoms with E-state index in [0.29, 0.717) is 56.3 Å². The number of nitrogens with zero attached hydrogens (tertiary/aromatic N) is 3. The Morgan fingerprint density at radius 2 is 1.88 bits per heavy atom. The van der Waals surface area contributed by atoms with E-state index in [4.69, 9.17) is 11.6 Å². The summed E-state index contributed by atoms with van der Waals surface area (Å²) in [7, 11) is 0. The van der Waals surface area contributed by atoms with Crippen molar-refractivity contribution in [2.24, 2.45) is 0 Å². The summed E-state index contributed by atoms with van der Waals surface area (Å²) in [5.41, 5.74) is 0.503.